The molecule has 0 radical (unpaired) electrons. The summed E-state index contributed by atoms with van der Waals surface area (Å²) in [6.07, 6.45) is -0.295. The SMILES string of the molecule is CC(C)(C)OC(=O)N1CC(ONC(O)[C@@H]2CC[C@@H]3CN2C(=O)N3OCc2ccccc2)C1. The first-order chi connectivity index (χ1) is 15.2. The Bertz CT molecular complexity index is 810. The normalized spacial score (nSPS) is 24.5. The minimum Gasteiger partial charge on any atom is -0.444 e. The number of benzene rings is 1. The van der Waals surface area contributed by atoms with Crippen LogP contribution in [0.15, 0.2) is 30.3 Å². The van der Waals surface area contributed by atoms with Crippen molar-refractivity contribution in [1.82, 2.24) is 20.3 Å². The van der Waals surface area contributed by atoms with Crippen LogP contribution >= 0.6 is 0 Å². The highest BCUT2D eigenvalue weighted by Crippen LogP contribution is 2.31. The number of carbonyl (C=O) groups is 2. The second-order valence-corrected chi connectivity index (χ2v) is 9.51. The van der Waals surface area contributed by atoms with Gasteiger partial charge in [0.25, 0.3) is 0 Å². The zero-order valence-electron chi connectivity index (χ0n) is 18.8. The molecule has 4 rings (SSSR count). The van der Waals surface area contributed by atoms with Crippen LogP contribution < -0.4 is 5.48 Å². The van der Waals surface area contributed by atoms with Crippen LogP contribution in [0.1, 0.15) is 39.2 Å². The summed E-state index contributed by atoms with van der Waals surface area (Å²) in [5.41, 5.74) is 3.11. The molecule has 1 unspecified atom stereocenters. The standard InChI is InChI=1S/C22H32N4O6/c1-22(2,3)31-21(29)24-12-17(13-24)32-23-19(27)18-10-9-16-11-25(18)20(28)26(16)30-14-15-7-5-4-6-8-15/h4-8,16-19,23,27H,9-14H2,1-3H3/t16-,18+,19?/m1/s1. The molecule has 0 saturated carbocycles. The highest BCUT2D eigenvalue weighted by atomic mass is 16.7. The van der Waals surface area contributed by atoms with E-state index in [1.807, 2.05) is 51.1 Å². The van der Waals surface area contributed by atoms with Crippen molar-refractivity contribution < 1.29 is 29.1 Å². The minimum absolute atomic E-state index is 0.0235. The highest BCUT2D eigenvalue weighted by Gasteiger charge is 2.48. The van der Waals surface area contributed by atoms with E-state index < -0.39 is 17.9 Å². The Morgan fingerprint density at radius 3 is 2.59 bits per heavy atom. The quantitative estimate of drug-likeness (QED) is 0.485. The number of hydrogen-bond donors (Lipinski definition) is 2. The fourth-order valence-electron chi connectivity index (χ4n) is 4.11. The van der Waals surface area contributed by atoms with Crippen molar-refractivity contribution in [2.75, 3.05) is 19.6 Å². The molecule has 176 valence electrons. The first-order valence-corrected chi connectivity index (χ1v) is 11.0. The lowest BCUT2D eigenvalue weighted by atomic mass is 10.00. The van der Waals surface area contributed by atoms with Crippen molar-refractivity contribution in [3.05, 3.63) is 35.9 Å². The first kappa shape index (κ1) is 22.8. The summed E-state index contributed by atoms with van der Waals surface area (Å²) in [5, 5.41) is 12.0. The van der Waals surface area contributed by atoms with E-state index in [-0.39, 0.29) is 24.3 Å². The summed E-state index contributed by atoms with van der Waals surface area (Å²) >= 11 is 0. The van der Waals surface area contributed by atoms with E-state index in [0.29, 0.717) is 32.7 Å². The third-order valence-electron chi connectivity index (χ3n) is 5.80. The molecule has 3 saturated heterocycles. The highest BCUT2D eigenvalue weighted by molar-refractivity contribution is 5.77. The third kappa shape index (κ3) is 5.15. The number of likely N-dealkylation sites (tertiary alicyclic amines) is 1. The maximum absolute atomic E-state index is 12.8. The van der Waals surface area contributed by atoms with Gasteiger partial charge in [-0.15, -0.1) is 0 Å². The molecule has 32 heavy (non-hydrogen) atoms. The zero-order valence-corrected chi connectivity index (χ0v) is 18.8. The van der Waals surface area contributed by atoms with Gasteiger partial charge in [0, 0.05) is 6.54 Å². The molecule has 1 aromatic carbocycles. The van der Waals surface area contributed by atoms with Gasteiger partial charge in [0.15, 0.2) is 0 Å². The molecule has 0 aromatic heterocycles. The van der Waals surface area contributed by atoms with Crippen LogP contribution in [-0.2, 0) is 21.0 Å². The lowest BCUT2D eigenvalue weighted by Crippen LogP contribution is -2.59. The van der Waals surface area contributed by atoms with Crippen molar-refractivity contribution in [2.45, 2.75) is 70.2 Å². The Labute approximate surface area is 187 Å². The smallest absolute Gasteiger partial charge is 0.410 e. The summed E-state index contributed by atoms with van der Waals surface area (Å²) in [4.78, 5) is 39.4. The first-order valence-electron chi connectivity index (χ1n) is 11.0. The van der Waals surface area contributed by atoms with E-state index in [0.717, 1.165) is 12.0 Å². The zero-order chi connectivity index (χ0) is 22.9. The predicted molar refractivity (Wildman–Crippen MR) is 114 cm³/mol. The number of ether oxygens (including phenoxy) is 1. The summed E-state index contributed by atoms with van der Waals surface area (Å²) in [5.74, 6) is 0. The van der Waals surface area contributed by atoms with Gasteiger partial charge in [-0.1, -0.05) is 30.3 Å². The van der Waals surface area contributed by atoms with Crippen LogP contribution in [0.3, 0.4) is 0 Å². The van der Waals surface area contributed by atoms with Gasteiger partial charge in [-0.05, 0) is 39.2 Å². The molecular weight excluding hydrogens is 416 g/mol. The van der Waals surface area contributed by atoms with Crippen molar-refractivity contribution in [3.63, 3.8) is 0 Å². The summed E-state index contributed by atoms with van der Waals surface area (Å²) < 4.78 is 5.31. The molecule has 3 atom stereocenters. The number of carbonyl (C=O) groups excluding carboxylic acids is 2. The number of hydroxylamine groups is 3. The lowest BCUT2D eigenvalue weighted by Gasteiger charge is -2.40. The van der Waals surface area contributed by atoms with Gasteiger partial charge in [0.2, 0.25) is 0 Å². The second-order valence-electron chi connectivity index (χ2n) is 9.51. The van der Waals surface area contributed by atoms with Gasteiger partial charge < -0.3 is 19.6 Å². The van der Waals surface area contributed by atoms with Gasteiger partial charge >= 0.3 is 12.1 Å². The fraction of sp³-hybridized carbons (Fsp3) is 0.636. The van der Waals surface area contributed by atoms with Gasteiger partial charge in [0.05, 0.1) is 25.2 Å². The van der Waals surface area contributed by atoms with E-state index in [2.05, 4.69) is 5.48 Å². The van der Waals surface area contributed by atoms with Crippen molar-refractivity contribution in [1.29, 1.82) is 0 Å². The Morgan fingerprint density at radius 1 is 1.19 bits per heavy atom. The number of nitrogens with zero attached hydrogens (tertiary/aromatic N) is 3. The number of fused-ring (bicyclic) bond motifs is 2. The van der Waals surface area contributed by atoms with Crippen LogP contribution in [0.2, 0.25) is 0 Å². The Kier molecular flexibility index (Phi) is 6.57. The number of nitrogens with one attached hydrogen (secondary N) is 1. The molecule has 3 aliphatic heterocycles. The van der Waals surface area contributed by atoms with E-state index in [4.69, 9.17) is 14.4 Å². The van der Waals surface area contributed by atoms with Crippen LogP contribution in [0, 0.1) is 0 Å². The number of rotatable bonds is 7. The average Bonchev–Trinajstić information content (AvgIpc) is 2.94. The van der Waals surface area contributed by atoms with E-state index in [1.165, 1.54) is 5.06 Å². The average molecular weight is 449 g/mol. The van der Waals surface area contributed by atoms with E-state index >= 15 is 0 Å². The summed E-state index contributed by atoms with van der Waals surface area (Å²) in [6.45, 7) is 7.04. The van der Waals surface area contributed by atoms with Crippen LogP contribution in [0.25, 0.3) is 0 Å². The molecule has 1 aromatic rings. The number of urea groups is 1. The minimum atomic E-state index is -1.04. The molecule has 3 amide bonds. The summed E-state index contributed by atoms with van der Waals surface area (Å²) in [7, 11) is 0. The Hall–Kier alpha value is -2.40. The molecule has 2 N–H and O–H groups in total. The number of hydrogen-bond acceptors (Lipinski definition) is 7. The maximum Gasteiger partial charge on any atom is 0.410 e. The van der Waals surface area contributed by atoms with E-state index in [9.17, 15) is 14.7 Å². The maximum atomic E-state index is 12.8. The molecule has 2 bridgehead atoms. The second kappa shape index (κ2) is 9.22. The fourth-order valence-corrected chi connectivity index (χ4v) is 4.11. The summed E-state index contributed by atoms with van der Waals surface area (Å²) in [6, 6.07) is 9.02. The lowest BCUT2D eigenvalue weighted by molar-refractivity contribution is -0.155. The van der Waals surface area contributed by atoms with Gasteiger partial charge in [-0.2, -0.15) is 10.5 Å². The molecule has 3 aliphatic rings. The monoisotopic (exact) mass is 448 g/mol. The molecule has 10 nitrogen and oxygen atoms in total. The molecule has 0 aliphatic carbocycles. The molecule has 0 spiro atoms. The molecule has 3 fully saturated rings. The van der Waals surface area contributed by atoms with Crippen LogP contribution in [0.5, 0.6) is 0 Å². The number of aliphatic hydroxyl groups is 1. The van der Waals surface area contributed by atoms with Crippen molar-refractivity contribution in [3.8, 4) is 0 Å². The van der Waals surface area contributed by atoms with Crippen LogP contribution in [-0.4, -0.2) is 81.7 Å². The number of piperidine rings is 1. The number of amides is 3. The van der Waals surface area contributed by atoms with Gasteiger partial charge in [0.1, 0.15) is 24.5 Å². The van der Waals surface area contributed by atoms with Gasteiger partial charge in [-0.25, -0.2) is 9.59 Å². The van der Waals surface area contributed by atoms with E-state index in [1.54, 1.807) is 9.80 Å². The van der Waals surface area contributed by atoms with Crippen molar-refractivity contribution >= 4 is 12.1 Å². The Balaban J connectivity index is 1.21. The third-order valence-corrected chi connectivity index (χ3v) is 5.80. The Morgan fingerprint density at radius 2 is 1.91 bits per heavy atom. The number of aliphatic hydroxyl groups excluding tert-OH is 1. The molecule has 3 heterocycles. The van der Waals surface area contributed by atoms with Gasteiger partial charge in [-0.3, -0.25) is 9.68 Å². The van der Waals surface area contributed by atoms with Crippen molar-refractivity contribution in [2.24, 2.45) is 0 Å². The largest absolute Gasteiger partial charge is 0.444 e. The molecule has 10 heteroatoms. The van der Waals surface area contributed by atoms with Crippen LogP contribution in [0.4, 0.5) is 9.59 Å². The molecular formula is C22H32N4O6. The predicted octanol–water partition coefficient (Wildman–Crippen LogP) is 1.85. The topological polar surface area (TPSA) is 104 Å².